The number of hydrogen-bond acceptors (Lipinski definition) is 5. The molecule has 2 aromatic heterocycles. The molecule has 0 spiro atoms. The van der Waals surface area contributed by atoms with Crippen LogP contribution in [0.4, 0.5) is 0 Å². The summed E-state index contributed by atoms with van der Waals surface area (Å²) in [4.78, 5) is 28.8. The van der Waals surface area contributed by atoms with Crippen LogP contribution in [-0.4, -0.2) is 22.5 Å². The van der Waals surface area contributed by atoms with E-state index in [1.54, 1.807) is 12.3 Å². The molecule has 0 saturated carbocycles. The number of hydrogen-bond donors (Lipinski definition) is 0. The zero-order chi connectivity index (χ0) is 18.8. The molecule has 0 saturated heterocycles. The summed E-state index contributed by atoms with van der Waals surface area (Å²) in [5.41, 5.74) is 1.63. The number of esters is 1. The first-order valence-corrected chi connectivity index (χ1v) is 8.34. The smallest absolute Gasteiger partial charge is 0.338 e. The van der Waals surface area contributed by atoms with Gasteiger partial charge in [-0.15, -0.1) is 0 Å². The van der Waals surface area contributed by atoms with Crippen molar-refractivity contribution in [1.82, 2.24) is 9.38 Å². The van der Waals surface area contributed by atoms with E-state index in [0.717, 1.165) is 5.56 Å². The van der Waals surface area contributed by atoms with Gasteiger partial charge in [0.1, 0.15) is 12.3 Å². The minimum Gasteiger partial charge on any atom is -0.494 e. The molecular weight excluding hydrogens is 379 g/mol. The number of carbonyl (C=O) groups is 1. The molecule has 3 aromatic rings. The van der Waals surface area contributed by atoms with Crippen LogP contribution in [-0.2, 0) is 11.3 Å². The van der Waals surface area contributed by atoms with Crippen LogP contribution in [0.25, 0.3) is 5.65 Å². The molecule has 0 aliphatic rings. The lowest BCUT2D eigenvalue weighted by Gasteiger charge is -2.09. The normalized spacial score (nSPS) is 10.8. The van der Waals surface area contributed by atoms with Gasteiger partial charge in [-0.2, -0.15) is 0 Å². The zero-order valence-corrected chi connectivity index (χ0v) is 15.5. The average Bonchev–Trinajstić information content (AvgIpc) is 2.60. The molecule has 0 N–H and O–H groups in total. The number of carbonyl (C=O) groups excluding carboxylic acids is 1. The van der Waals surface area contributed by atoms with Gasteiger partial charge in [-0.25, -0.2) is 9.78 Å². The molecule has 134 valence electrons. The second kappa shape index (κ2) is 7.35. The average molecular weight is 393 g/mol. The number of halogens is 2. The van der Waals surface area contributed by atoms with Crippen LogP contribution in [0.15, 0.2) is 41.3 Å². The third-order valence-electron chi connectivity index (χ3n) is 3.73. The summed E-state index contributed by atoms with van der Waals surface area (Å²) in [5, 5.41) is 0.397. The van der Waals surface area contributed by atoms with E-state index in [-0.39, 0.29) is 33.5 Å². The summed E-state index contributed by atoms with van der Waals surface area (Å²) in [6, 6.07) is 7.75. The van der Waals surface area contributed by atoms with Gasteiger partial charge in [-0.1, -0.05) is 29.3 Å². The quantitative estimate of drug-likeness (QED) is 0.633. The molecule has 6 nitrogen and oxygen atoms in total. The number of fused-ring (bicyclic) bond motifs is 1. The number of rotatable bonds is 4. The molecule has 3 rings (SSSR count). The van der Waals surface area contributed by atoms with E-state index in [0.29, 0.717) is 11.3 Å². The predicted octanol–water partition coefficient (Wildman–Crippen LogP) is 3.68. The zero-order valence-electron chi connectivity index (χ0n) is 14.0. The van der Waals surface area contributed by atoms with Crippen LogP contribution >= 0.6 is 23.2 Å². The molecule has 0 aliphatic heterocycles. The third-order valence-corrected chi connectivity index (χ3v) is 4.29. The predicted molar refractivity (Wildman–Crippen MR) is 98.3 cm³/mol. The molecule has 0 unspecified atom stereocenters. The van der Waals surface area contributed by atoms with E-state index in [9.17, 15) is 9.59 Å². The molecule has 0 amide bonds. The van der Waals surface area contributed by atoms with Crippen molar-refractivity contribution in [3.05, 3.63) is 73.7 Å². The van der Waals surface area contributed by atoms with Crippen molar-refractivity contribution in [3.63, 3.8) is 0 Å². The first kappa shape index (κ1) is 18.2. The summed E-state index contributed by atoms with van der Waals surface area (Å²) in [5.74, 6) is -0.354. The Morgan fingerprint density at radius 1 is 1.23 bits per heavy atom. The van der Waals surface area contributed by atoms with Crippen molar-refractivity contribution >= 4 is 34.8 Å². The van der Waals surface area contributed by atoms with Crippen LogP contribution in [0.3, 0.4) is 0 Å². The Balaban J connectivity index is 1.83. The van der Waals surface area contributed by atoms with Gasteiger partial charge in [-0.3, -0.25) is 9.20 Å². The first-order chi connectivity index (χ1) is 12.4. The number of aryl methyl sites for hydroxylation is 1. The fourth-order valence-electron chi connectivity index (χ4n) is 2.48. The molecule has 1 aromatic carbocycles. The van der Waals surface area contributed by atoms with E-state index in [1.165, 1.54) is 29.7 Å². The Labute approximate surface area is 158 Å². The molecule has 2 heterocycles. The Bertz CT molecular complexity index is 1040. The van der Waals surface area contributed by atoms with Crippen molar-refractivity contribution in [3.8, 4) is 5.75 Å². The lowest BCUT2D eigenvalue weighted by atomic mass is 10.2. The van der Waals surface area contributed by atoms with Gasteiger partial charge in [0.15, 0.2) is 5.75 Å². The fraction of sp³-hybridized carbons (Fsp3) is 0.167. The van der Waals surface area contributed by atoms with Gasteiger partial charge in [0.05, 0.1) is 28.4 Å². The Hall–Kier alpha value is -2.57. The number of benzene rings is 1. The van der Waals surface area contributed by atoms with Crippen molar-refractivity contribution in [2.75, 3.05) is 7.11 Å². The Morgan fingerprint density at radius 3 is 2.58 bits per heavy atom. The van der Waals surface area contributed by atoms with Crippen LogP contribution in [0.1, 0.15) is 21.6 Å². The lowest BCUT2D eigenvalue weighted by Crippen LogP contribution is -2.17. The maximum Gasteiger partial charge on any atom is 0.338 e. The second-order valence-electron chi connectivity index (χ2n) is 5.52. The van der Waals surface area contributed by atoms with Gasteiger partial charge in [0.2, 0.25) is 0 Å². The maximum atomic E-state index is 12.2. The van der Waals surface area contributed by atoms with Crippen molar-refractivity contribution in [2.45, 2.75) is 13.5 Å². The van der Waals surface area contributed by atoms with E-state index in [1.807, 2.05) is 13.0 Å². The largest absolute Gasteiger partial charge is 0.494 e. The standard InChI is InChI=1S/C18H14Cl2N2O4/c1-10-4-3-5-22-15(23)8-12(21-17(10)22)9-26-18(24)11-6-13(19)16(25-2)14(20)7-11/h3-8H,9H2,1-2H3. The molecule has 0 atom stereocenters. The van der Waals surface area contributed by atoms with E-state index in [4.69, 9.17) is 32.7 Å². The third kappa shape index (κ3) is 3.52. The molecule has 8 heteroatoms. The summed E-state index contributed by atoms with van der Waals surface area (Å²) < 4.78 is 11.7. The van der Waals surface area contributed by atoms with E-state index < -0.39 is 5.97 Å². The number of methoxy groups -OCH3 is 1. The number of ether oxygens (including phenoxy) is 2. The van der Waals surface area contributed by atoms with Gasteiger partial charge in [0, 0.05) is 12.3 Å². The topological polar surface area (TPSA) is 69.9 Å². The summed E-state index contributed by atoms with van der Waals surface area (Å²) in [6.07, 6.45) is 1.63. The minimum atomic E-state index is -0.636. The van der Waals surface area contributed by atoms with E-state index in [2.05, 4.69) is 4.98 Å². The summed E-state index contributed by atoms with van der Waals surface area (Å²) >= 11 is 12.1. The van der Waals surface area contributed by atoms with Crippen LogP contribution in [0, 0.1) is 6.92 Å². The highest BCUT2D eigenvalue weighted by Gasteiger charge is 2.15. The van der Waals surface area contributed by atoms with Crippen LogP contribution < -0.4 is 10.3 Å². The molecule has 26 heavy (non-hydrogen) atoms. The van der Waals surface area contributed by atoms with Crippen molar-refractivity contribution < 1.29 is 14.3 Å². The Kier molecular flexibility index (Phi) is 5.15. The fourth-order valence-corrected chi connectivity index (χ4v) is 3.12. The van der Waals surface area contributed by atoms with Crippen molar-refractivity contribution in [1.29, 1.82) is 0 Å². The van der Waals surface area contributed by atoms with Gasteiger partial charge in [-0.05, 0) is 30.7 Å². The highest BCUT2D eigenvalue weighted by Crippen LogP contribution is 2.34. The minimum absolute atomic E-state index is 0.153. The monoisotopic (exact) mass is 392 g/mol. The summed E-state index contributed by atoms with van der Waals surface area (Å²) in [6.45, 7) is 1.69. The second-order valence-corrected chi connectivity index (χ2v) is 6.33. The van der Waals surface area contributed by atoms with Crippen molar-refractivity contribution in [2.24, 2.45) is 0 Å². The molecular formula is C18H14Cl2N2O4. The van der Waals surface area contributed by atoms with Crippen LogP contribution in [0.2, 0.25) is 10.0 Å². The SMILES string of the molecule is COc1c(Cl)cc(C(=O)OCc2cc(=O)n3cccc(C)c3n2)cc1Cl. The highest BCUT2D eigenvalue weighted by atomic mass is 35.5. The van der Waals surface area contributed by atoms with Crippen LogP contribution in [0.5, 0.6) is 5.75 Å². The number of pyridine rings is 1. The molecule has 0 fully saturated rings. The first-order valence-electron chi connectivity index (χ1n) is 7.58. The molecule has 0 aliphatic carbocycles. The van der Waals surface area contributed by atoms with Gasteiger partial charge >= 0.3 is 5.97 Å². The molecule has 0 radical (unpaired) electrons. The maximum absolute atomic E-state index is 12.2. The number of aromatic nitrogens is 2. The van der Waals surface area contributed by atoms with Gasteiger partial charge < -0.3 is 9.47 Å². The Morgan fingerprint density at radius 2 is 1.92 bits per heavy atom. The lowest BCUT2D eigenvalue weighted by molar-refractivity contribution is 0.0467. The highest BCUT2D eigenvalue weighted by molar-refractivity contribution is 6.37. The van der Waals surface area contributed by atoms with Gasteiger partial charge in [0.25, 0.3) is 5.56 Å². The molecule has 0 bridgehead atoms. The van der Waals surface area contributed by atoms with E-state index >= 15 is 0 Å². The summed E-state index contributed by atoms with van der Waals surface area (Å²) in [7, 11) is 1.43. The number of nitrogens with zero attached hydrogens (tertiary/aromatic N) is 2.